The zero-order chi connectivity index (χ0) is 27.6. The molecule has 3 aliphatic rings. The summed E-state index contributed by atoms with van der Waals surface area (Å²) in [5, 5.41) is 14.6. The average Bonchev–Trinajstić information content (AvgIpc) is 3.25. The summed E-state index contributed by atoms with van der Waals surface area (Å²) in [6.45, 7) is 3.17. The smallest absolute Gasteiger partial charge is 0.320 e. The number of rotatable bonds is 10. The second kappa shape index (κ2) is 11.3. The van der Waals surface area contributed by atoms with Crippen LogP contribution in [0.2, 0.25) is 0 Å². The van der Waals surface area contributed by atoms with Gasteiger partial charge in [-0.05, 0) is 37.3 Å². The second-order valence-corrected chi connectivity index (χ2v) is 10.4. The van der Waals surface area contributed by atoms with E-state index in [9.17, 15) is 14.7 Å². The number of hydrogen-bond acceptors (Lipinski definition) is 8. The molecule has 2 amide bonds. The molecular weight excluding hydrogens is 516 g/mol. The minimum absolute atomic E-state index is 0.0272. The Morgan fingerprint density at radius 1 is 1.10 bits per heavy atom. The normalized spacial score (nSPS) is 29.1. The molecule has 1 aliphatic heterocycles. The predicted molar refractivity (Wildman–Crippen MR) is 144 cm³/mol. The van der Waals surface area contributed by atoms with E-state index < -0.39 is 12.3 Å². The lowest BCUT2D eigenvalue weighted by Crippen LogP contribution is -2.29. The Bertz CT molecular complexity index is 1400. The third-order valence-corrected chi connectivity index (χ3v) is 7.73. The van der Waals surface area contributed by atoms with Gasteiger partial charge >= 0.3 is 12.0 Å². The molecule has 0 bridgehead atoms. The minimum Gasteiger partial charge on any atom is -0.481 e. The van der Waals surface area contributed by atoms with Gasteiger partial charge < -0.3 is 29.2 Å². The number of carboxylic acid groups (broad SMARTS) is 1. The number of fused-ring (bicyclic) bond motifs is 2. The Morgan fingerprint density at radius 2 is 1.90 bits per heavy atom. The number of carbonyl (C=O) groups is 2. The van der Waals surface area contributed by atoms with Gasteiger partial charge in [0.2, 0.25) is 0 Å². The maximum absolute atomic E-state index is 12.1. The van der Waals surface area contributed by atoms with E-state index in [0.29, 0.717) is 49.6 Å². The molecule has 6 rings (SSSR count). The largest absolute Gasteiger partial charge is 0.481 e. The molecule has 12 nitrogen and oxygen atoms in total. The monoisotopic (exact) mass is 548 g/mol. The van der Waals surface area contributed by atoms with Crippen LogP contribution in [-0.2, 0) is 19.0 Å². The summed E-state index contributed by atoms with van der Waals surface area (Å²) in [6, 6.07) is 9.44. The van der Waals surface area contributed by atoms with Crippen LogP contribution in [0.3, 0.4) is 0 Å². The first-order chi connectivity index (χ1) is 19.5. The number of anilines is 1. The molecule has 1 aromatic carbocycles. The molecule has 1 saturated heterocycles. The molecule has 210 valence electrons. The van der Waals surface area contributed by atoms with Crippen LogP contribution in [0.4, 0.5) is 10.6 Å². The van der Waals surface area contributed by atoms with Crippen LogP contribution in [-0.4, -0.2) is 74.9 Å². The van der Waals surface area contributed by atoms with Crippen LogP contribution in [0.15, 0.2) is 49.1 Å². The lowest BCUT2D eigenvalue weighted by molar-refractivity contribution is -0.139. The number of carboxylic acids is 1. The standard InChI is InChI=1S/C28H32N6O6/c1-2-29-28(37)33-25-22-26(31-14-30-25)34(15-32-22)20-11-18(13-38-12-17-10-19(17)27(35)36)23-24(20)40-21(39-23)9-8-16-6-4-3-5-7-16/h3-9,14-15,17-21,23-24H,2,10-13H2,1H3,(H,35,36)(H2,29,30,31,33,37)/b9-8+/t17?,18?,19?,20?,21-,23?,24?/m0/s1. The van der Waals surface area contributed by atoms with Crippen molar-refractivity contribution in [1.82, 2.24) is 24.8 Å². The molecule has 40 heavy (non-hydrogen) atoms. The van der Waals surface area contributed by atoms with Crippen molar-refractivity contribution in [2.45, 2.75) is 44.3 Å². The van der Waals surface area contributed by atoms with E-state index >= 15 is 0 Å². The SMILES string of the molecule is CCNC(=O)Nc1ncnc2c1ncn2C1CC(COCC2CC2C(=O)O)C2O[C@H](/C=C/c3ccccc3)OC21. The predicted octanol–water partition coefficient (Wildman–Crippen LogP) is 3.09. The van der Waals surface area contributed by atoms with Gasteiger partial charge in [0.1, 0.15) is 12.4 Å². The average molecular weight is 549 g/mol. The summed E-state index contributed by atoms with van der Waals surface area (Å²) in [5.74, 6) is -0.641. The van der Waals surface area contributed by atoms with E-state index in [-0.39, 0.29) is 42.0 Å². The zero-order valence-corrected chi connectivity index (χ0v) is 22.1. The quantitative estimate of drug-likeness (QED) is 0.347. The van der Waals surface area contributed by atoms with Crippen molar-refractivity contribution in [3.8, 4) is 0 Å². The Labute approximate surface area is 230 Å². The van der Waals surface area contributed by atoms with E-state index in [4.69, 9.17) is 14.2 Å². The Hall–Kier alpha value is -3.87. The number of benzene rings is 1. The highest BCUT2D eigenvalue weighted by Gasteiger charge is 2.52. The first-order valence-electron chi connectivity index (χ1n) is 13.6. The van der Waals surface area contributed by atoms with Crippen molar-refractivity contribution >= 4 is 35.1 Å². The van der Waals surface area contributed by atoms with Gasteiger partial charge in [-0.25, -0.2) is 19.7 Å². The number of urea groups is 1. The van der Waals surface area contributed by atoms with Gasteiger partial charge in [-0.15, -0.1) is 0 Å². The summed E-state index contributed by atoms with van der Waals surface area (Å²) in [4.78, 5) is 36.5. The molecule has 12 heteroatoms. The number of carbonyl (C=O) groups excluding carboxylic acids is 1. The van der Waals surface area contributed by atoms with E-state index in [2.05, 4.69) is 25.6 Å². The molecule has 0 radical (unpaired) electrons. The molecule has 3 heterocycles. The van der Waals surface area contributed by atoms with Crippen molar-refractivity contribution in [1.29, 1.82) is 0 Å². The number of imidazole rings is 1. The summed E-state index contributed by atoms with van der Waals surface area (Å²) >= 11 is 0. The van der Waals surface area contributed by atoms with Gasteiger partial charge in [-0.3, -0.25) is 10.1 Å². The second-order valence-electron chi connectivity index (χ2n) is 10.4. The Kier molecular flexibility index (Phi) is 7.46. The maximum Gasteiger partial charge on any atom is 0.320 e. The molecule has 7 atom stereocenters. The number of nitrogens with zero attached hydrogens (tertiary/aromatic N) is 4. The van der Waals surface area contributed by atoms with Crippen LogP contribution in [0.1, 0.15) is 31.4 Å². The van der Waals surface area contributed by atoms with Crippen molar-refractivity contribution in [2.75, 3.05) is 25.1 Å². The maximum atomic E-state index is 12.1. The van der Waals surface area contributed by atoms with Crippen molar-refractivity contribution in [2.24, 2.45) is 17.8 Å². The third-order valence-electron chi connectivity index (χ3n) is 7.73. The zero-order valence-electron chi connectivity index (χ0n) is 22.1. The topological polar surface area (TPSA) is 150 Å². The van der Waals surface area contributed by atoms with Crippen LogP contribution < -0.4 is 10.6 Å². The molecule has 3 N–H and O–H groups in total. The highest BCUT2D eigenvalue weighted by atomic mass is 16.7. The number of amides is 2. The molecule has 2 aromatic heterocycles. The first-order valence-corrected chi connectivity index (χ1v) is 13.6. The molecule has 3 fully saturated rings. The summed E-state index contributed by atoms with van der Waals surface area (Å²) < 4.78 is 20.8. The molecule has 0 spiro atoms. The molecular formula is C28H32N6O6. The van der Waals surface area contributed by atoms with Crippen LogP contribution in [0.25, 0.3) is 17.2 Å². The van der Waals surface area contributed by atoms with E-state index in [1.165, 1.54) is 6.33 Å². The fourth-order valence-corrected chi connectivity index (χ4v) is 5.65. The summed E-state index contributed by atoms with van der Waals surface area (Å²) in [7, 11) is 0. The van der Waals surface area contributed by atoms with Crippen LogP contribution in [0, 0.1) is 17.8 Å². The van der Waals surface area contributed by atoms with Crippen molar-refractivity contribution in [3.63, 3.8) is 0 Å². The minimum atomic E-state index is -0.759. The lowest BCUT2D eigenvalue weighted by atomic mass is 10.1. The lowest BCUT2D eigenvalue weighted by Gasteiger charge is -2.19. The molecule has 2 saturated carbocycles. The van der Waals surface area contributed by atoms with E-state index in [1.54, 1.807) is 6.33 Å². The van der Waals surface area contributed by atoms with E-state index in [1.807, 2.05) is 54.0 Å². The number of aliphatic carboxylic acids is 1. The van der Waals surface area contributed by atoms with Gasteiger partial charge in [0.25, 0.3) is 0 Å². The molecule has 2 aliphatic carbocycles. The number of hydrogen-bond donors (Lipinski definition) is 3. The van der Waals surface area contributed by atoms with Crippen molar-refractivity contribution < 1.29 is 28.9 Å². The van der Waals surface area contributed by atoms with Crippen LogP contribution in [0.5, 0.6) is 0 Å². The van der Waals surface area contributed by atoms with Gasteiger partial charge in [-0.2, -0.15) is 0 Å². The Morgan fingerprint density at radius 3 is 2.67 bits per heavy atom. The number of nitrogens with one attached hydrogen (secondary N) is 2. The molecule has 6 unspecified atom stereocenters. The molecule has 3 aromatic rings. The van der Waals surface area contributed by atoms with Gasteiger partial charge in [0, 0.05) is 12.5 Å². The highest BCUT2D eigenvalue weighted by Crippen LogP contribution is 2.46. The highest BCUT2D eigenvalue weighted by molar-refractivity contribution is 5.95. The fourth-order valence-electron chi connectivity index (χ4n) is 5.65. The summed E-state index contributed by atoms with van der Waals surface area (Å²) in [5.41, 5.74) is 2.12. The van der Waals surface area contributed by atoms with Gasteiger partial charge in [-0.1, -0.05) is 36.4 Å². The number of ether oxygens (including phenoxy) is 3. The Balaban J connectivity index is 1.21. The summed E-state index contributed by atoms with van der Waals surface area (Å²) in [6.07, 6.45) is 7.32. The van der Waals surface area contributed by atoms with Crippen molar-refractivity contribution in [3.05, 3.63) is 54.6 Å². The fraction of sp³-hybridized carbons (Fsp3) is 0.464. The van der Waals surface area contributed by atoms with Crippen LogP contribution >= 0.6 is 0 Å². The van der Waals surface area contributed by atoms with Gasteiger partial charge in [0.15, 0.2) is 23.3 Å². The number of aromatic nitrogens is 4. The van der Waals surface area contributed by atoms with E-state index in [0.717, 1.165) is 5.56 Å². The first kappa shape index (κ1) is 26.4. The van der Waals surface area contributed by atoms with Gasteiger partial charge in [0.05, 0.1) is 37.6 Å². The third kappa shape index (κ3) is 5.42.